The smallest absolute Gasteiger partial charge is 0.238 e. The van der Waals surface area contributed by atoms with Gasteiger partial charge in [0.2, 0.25) is 15.9 Å². The van der Waals surface area contributed by atoms with E-state index < -0.39 is 10.0 Å². The van der Waals surface area contributed by atoms with Crippen molar-refractivity contribution in [2.75, 3.05) is 0 Å². The van der Waals surface area contributed by atoms with Gasteiger partial charge in [0.1, 0.15) is 0 Å². The molecule has 3 aromatic rings. The molecule has 0 saturated heterocycles. The largest absolute Gasteiger partial charge is 0.493 e. The van der Waals surface area contributed by atoms with Gasteiger partial charge >= 0.3 is 0 Å². The average molecular weight is 360 g/mol. The van der Waals surface area contributed by atoms with Gasteiger partial charge in [0.15, 0.2) is 5.69 Å². The number of aromatic hydroxyl groups is 1. The maximum Gasteiger partial charge on any atom is 0.238 e. The van der Waals surface area contributed by atoms with Crippen LogP contribution in [0.5, 0.6) is 5.88 Å². The molecule has 0 saturated carbocycles. The van der Waals surface area contributed by atoms with Gasteiger partial charge in [0.25, 0.3) is 0 Å². The van der Waals surface area contributed by atoms with Crippen molar-refractivity contribution in [2.24, 2.45) is 15.4 Å². The molecule has 25 heavy (non-hydrogen) atoms. The number of sulfonamides is 1. The Morgan fingerprint density at radius 2 is 1.80 bits per heavy atom. The van der Waals surface area contributed by atoms with Crippen LogP contribution in [0.2, 0.25) is 0 Å². The van der Waals surface area contributed by atoms with Crippen LogP contribution < -0.4 is 5.14 Å². The summed E-state index contributed by atoms with van der Waals surface area (Å²) in [6.45, 7) is 4.19. The number of H-pyrrole nitrogens is 1. The Morgan fingerprint density at radius 1 is 1.12 bits per heavy atom. The van der Waals surface area contributed by atoms with Crippen LogP contribution in [0.15, 0.2) is 57.6 Å². The number of nitrogens with two attached hydrogens (primary N) is 1. The van der Waals surface area contributed by atoms with E-state index in [1.165, 1.54) is 24.3 Å². The molecule has 0 radical (unpaired) electrons. The predicted molar refractivity (Wildman–Crippen MR) is 98.2 cm³/mol. The van der Waals surface area contributed by atoms with E-state index in [9.17, 15) is 13.5 Å². The van der Waals surface area contributed by atoms with Gasteiger partial charge in [-0.25, -0.2) is 13.6 Å². The van der Waals surface area contributed by atoms with Gasteiger partial charge in [0, 0.05) is 6.81 Å². The Kier molecular flexibility index (Phi) is 4.32. The molecule has 1 aromatic heterocycles. The van der Waals surface area contributed by atoms with E-state index in [1.807, 2.05) is 18.2 Å². The van der Waals surface area contributed by atoms with Gasteiger partial charge in [-0.05, 0) is 41.8 Å². The van der Waals surface area contributed by atoms with Crippen LogP contribution in [-0.2, 0) is 10.0 Å². The van der Waals surface area contributed by atoms with Crippen LogP contribution in [0.4, 0.5) is 11.4 Å². The molecule has 132 valence electrons. The number of fused-ring (bicyclic) bond motifs is 1. The van der Waals surface area contributed by atoms with E-state index in [1.54, 1.807) is 0 Å². The topological polar surface area (TPSA) is 121 Å². The third-order valence-corrected chi connectivity index (χ3v) is 4.80. The summed E-state index contributed by atoms with van der Waals surface area (Å²) in [7, 11) is -3.74. The Balaban J connectivity index is 0.00000243. The first-order valence-electron chi connectivity index (χ1n) is 7.65. The summed E-state index contributed by atoms with van der Waals surface area (Å²) >= 11 is 0. The molecule has 1 heterocycles. The molecule has 0 aliphatic rings. The van der Waals surface area contributed by atoms with Crippen molar-refractivity contribution in [3.05, 3.63) is 48.0 Å². The van der Waals surface area contributed by atoms with Crippen LogP contribution >= 0.6 is 0 Å². The quantitative estimate of drug-likeness (QED) is 0.601. The highest BCUT2D eigenvalue weighted by Crippen LogP contribution is 2.37. The highest BCUT2D eigenvalue weighted by molar-refractivity contribution is 7.89. The minimum atomic E-state index is -3.74. The van der Waals surface area contributed by atoms with Crippen LogP contribution in [0.25, 0.3) is 10.9 Å². The number of hydrogen-bond acceptors (Lipinski definition) is 5. The molecule has 0 spiro atoms. The lowest BCUT2D eigenvalue weighted by molar-refractivity contribution is 0.459. The maximum atomic E-state index is 11.2. The number of nitrogens with one attached hydrogen (secondary N) is 1. The number of benzene rings is 2. The number of aromatic nitrogens is 1. The minimum absolute atomic E-state index is 0. The highest BCUT2D eigenvalue weighted by Gasteiger charge is 2.12. The molecule has 7 nitrogen and oxygen atoms in total. The molecule has 0 atom stereocenters. The number of hydrogen-bond donors (Lipinski definition) is 3. The van der Waals surface area contributed by atoms with E-state index >= 15 is 0 Å². The summed E-state index contributed by atoms with van der Waals surface area (Å²) in [6.07, 6.45) is 0. The lowest BCUT2D eigenvalue weighted by Crippen LogP contribution is -2.11. The molecular formula is C17H20N4O3S. The first-order chi connectivity index (χ1) is 11.8. The maximum absolute atomic E-state index is 11.2. The van der Waals surface area contributed by atoms with Crippen molar-refractivity contribution < 1.29 is 15.0 Å². The van der Waals surface area contributed by atoms with Crippen LogP contribution in [0.1, 0.15) is 26.8 Å². The third-order valence-electron chi connectivity index (χ3n) is 3.87. The monoisotopic (exact) mass is 360 g/mol. The summed E-state index contributed by atoms with van der Waals surface area (Å²) < 4.78 is 22.5. The molecule has 4 N–H and O–H groups in total. The zero-order chi connectivity index (χ0) is 18.2. The van der Waals surface area contributed by atoms with E-state index in [2.05, 4.69) is 29.1 Å². The second kappa shape index (κ2) is 6.30. The number of nitrogens with zero attached hydrogens (tertiary/aromatic N) is 2. The second-order valence-electron chi connectivity index (χ2n) is 6.02. The van der Waals surface area contributed by atoms with Crippen molar-refractivity contribution in [2.45, 2.75) is 24.7 Å². The Morgan fingerprint density at radius 3 is 2.40 bits per heavy atom. The molecule has 0 aliphatic heterocycles. The number of aromatic amines is 1. The van der Waals surface area contributed by atoms with Gasteiger partial charge < -0.3 is 10.1 Å². The van der Waals surface area contributed by atoms with Gasteiger partial charge in [-0.2, -0.15) is 5.11 Å². The Labute approximate surface area is 146 Å². The van der Waals surface area contributed by atoms with E-state index in [0.717, 1.165) is 16.5 Å². The van der Waals surface area contributed by atoms with Crippen molar-refractivity contribution in [1.82, 2.24) is 4.98 Å². The molecule has 0 fully saturated rings. The zero-order valence-electron chi connectivity index (χ0n) is 13.8. The lowest BCUT2D eigenvalue weighted by Gasteiger charge is -2.04. The number of azo groups is 1. The van der Waals surface area contributed by atoms with E-state index in [-0.39, 0.29) is 12.2 Å². The molecule has 0 aliphatic carbocycles. The second-order valence-corrected chi connectivity index (χ2v) is 7.58. The van der Waals surface area contributed by atoms with Gasteiger partial charge in [-0.15, -0.1) is 5.11 Å². The minimum Gasteiger partial charge on any atom is -0.493 e. The van der Waals surface area contributed by atoms with E-state index in [0.29, 0.717) is 17.3 Å². The molecule has 8 heteroatoms. The first-order valence-corrected chi connectivity index (χ1v) is 9.19. The standard InChI is InChI=1S/C17H18N4O3S.H2/c1-10(2)11-3-8-14-15(9-11)19-17(22)16(14)21-20-12-4-6-13(7-5-12)25(18,23)24;/h3-10,19,22H,1-2H3,(H2,18,23,24);1H. The summed E-state index contributed by atoms with van der Waals surface area (Å²) in [6, 6.07) is 11.5. The van der Waals surface area contributed by atoms with Crippen LogP contribution in [0, 0.1) is 0 Å². The first kappa shape index (κ1) is 17.1. The molecule has 2 aromatic carbocycles. The molecule has 0 amide bonds. The third kappa shape index (κ3) is 3.54. The van der Waals surface area contributed by atoms with E-state index in [4.69, 9.17) is 5.14 Å². The normalized spacial score (nSPS) is 12.5. The fraction of sp³-hybridized carbons (Fsp3) is 0.176. The fourth-order valence-corrected chi connectivity index (χ4v) is 2.97. The van der Waals surface area contributed by atoms with Crippen molar-refractivity contribution in [3.63, 3.8) is 0 Å². The Bertz CT molecular complexity index is 1060. The van der Waals surface area contributed by atoms with Crippen molar-refractivity contribution >= 4 is 32.3 Å². The summed E-state index contributed by atoms with van der Waals surface area (Å²) in [4.78, 5) is 2.90. The summed E-state index contributed by atoms with van der Waals surface area (Å²) in [5, 5.41) is 24.0. The zero-order valence-corrected chi connectivity index (χ0v) is 14.6. The van der Waals surface area contributed by atoms with Gasteiger partial charge in [0.05, 0.1) is 16.1 Å². The van der Waals surface area contributed by atoms with Crippen LogP contribution in [0.3, 0.4) is 0 Å². The highest BCUT2D eigenvalue weighted by atomic mass is 32.2. The van der Waals surface area contributed by atoms with Crippen molar-refractivity contribution in [1.29, 1.82) is 0 Å². The summed E-state index contributed by atoms with van der Waals surface area (Å²) in [5.74, 6) is 0.304. The van der Waals surface area contributed by atoms with Gasteiger partial charge in [-0.1, -0.05) is 26.0 Å². The Hall–Kier alpha value is -2.71. The number of rotatable bonds is 4. The fourth-order valence-electron chi connectivity index (χ4n) is 2.46. The average Bonchev–Trinajstić information content (AvgIpc) is 2.86. The van der Waals surface area contributed by atoms with Crippen LogP contribution in [-0.4, -0.2) is 18.5 Å². The molecule has 0 bridgehead atoms. The predicted octanol–water partition coefficient (Wildman–Crippen LogP) is 4.31. The SMILES string of the molecule is CC(C)c1ccc2c(N=Nc3ccc(S(N)(=O)=O)cc3)c(O)[nH]c2c1.[HH]. The van der Waals surface area contributed by atoms with Crippen molar-refractivity contribution in [3.8, 4) is 5.88 Å². The number of primary sulfonamides is 1. The molecule has 3 rings (SSSR count). The molecule has 0 unspecified atom stereocenters. The lowest BCUT2D eigenvalue weighted by atomic mass is 10.0. The molecular weight excluding hydrogens is 340 g/mol. The summed E-state index contributed by atoms with van der Waals surface area (Å²) in [5.41, 5.74) is 2.71. The van der Waals surface area contributed by atoms with Gasteiger partial charge in [-0.3, -0.25) is 0 Å².